The maximum Gasteiger partial charge on any atom is 0.254 e. The summed E-state index contributed by atoms with van der Waals surface area (Å²) in [5.74, 6) is 0.520. The third-order valence-electron chi connectivity index (χ3n) is 8.42. The molecule has 1 aliphatic heterocycles. The van der Waals surface area contributed by atoms with Crippen molar-refractivity contribution in [2.45, 2.75) is 57.9 Å². The lowest BCUT2D eigenvalue weighted by Crippen LogP contribution is -2.47. The summed E-state index contributed by atoms with van der Waals surface area (Å²) in [6, 6.07) is 3.16. The number of aromatic nitrogens is 2. The van der Waals surface area contributed by atoms with Gasteiger partial charge in [0.05, 0.1) is 12.2 Å². The minimum atomic E-state index is -1.05. The fraction of sp³-hybridized carbons (Fsp3) is 0.538. The van der Waals surface area contributed by atoms with Gasteiger partial charge in [0.2, 0.25) is 5.91 Å². The minimum Gasteiger partial charge on any atom is -0.332 e. The Bertz CT molecular complexity index is 1130. The molecule has 0 radical (unpaired) electrons. The summed E-state index contributed by atoms with van der Waals surface area (Å²) >= 11 is 0. The number of hydrogen-bond acceptors (Lipinski definition) is 4. The summed E-state index contributed by atoms with van der Waals surface area (Å²) in [7, 11) is 0. The lowest BCUT2D eigenvalue weighted by Gasteiger charge is -2.56. The van der Waals surface area contributed by atoms with Crippen LogP contribution < -0.4 is 5.32 Å². The summed E-state index contributed by atoms with van der Waals surface area (Å²) < 4.78 is 26.8. The van der Waals surface area contributed by atoms with Gasteiger partial charge in [-0.25, -0.2) is 18.7 Å². The molecule has 2 heterocycles. The highest BCUT2D eigenvalue weighted by atomic mass is 19.2. The van der Waals surface area contributed by atoms with Crippen LogP contribution in [-0.4, -0.2) is 33.2 Å². The first-order valence-corrected chi connectivity index (χ1v) is 12.2. The Hall–Kier alpha value is -2.90. The summed E-state index contributed by atoms with van der Waals surface area (Å²) in [4.78, 5) is 36.1. The molecule has 178 valence electrons. The molecular formula is C26H28F2N4O2. The molecule has 2 amide bonds. The number of amides is 2. The van der Waals surface area contributed by atoms with Crippen LogP contribution in [0.4, 0.5) is 14.6 Å². The largest absolute Gasteiger partial charge is 0.332 e. The van der Waals surface area contributed by atoms with Crippen molar-refractivity contribution in [2.24, 2.45) is 23.2 Å². The predicted molar refractivity (Wildman–Crippen MR) is 121 cm³/mol. The van der Waals surface area contributed by atoms with Crippen molar-refractivity contribution in [3.05, 3.63) is 53.0 Å². The molecule has 4 fully saturated rings. The summed E-state index contributed by atoms with van der Waals surface area (Å²) in [6.45, 7) is 0.615. The van der Waals surface area contributed by atoms with E-state index in [1.165, 1.54) is 50.9 Å². The van der Waals surface area contributed by atoms with E-state index in [1.807, 2.05) is 0 Å². The minimum absolute atomic E-state index is 0.0168. The number of nitrogens with one attached hydrogen (secondary N) is 1. The van der Waals surface area contributed by atoms with Crippen molar-refractivity contribution in [3.8, 4) is 0 Å². The number of rotatable bonds is 4. The Kier molecular flexibility index (Phi) is 5.15. The molecule has 8 heteroatoms. The molecule has 2 aromatic rings. The lowest BCUT2D eigenvalue weighted by atomic mass is 9.49. The van der Waals surface area contributed by atoms with E-state index in [0.717, 1.165) is 35.4 Å². The SMILES string of the molecule is O=C(CC12CC3CC(CC(C3)C1)C2)Nc1ncnc2c1CCN(C(=O)c1ccc(F)c(F)c1)C2. The first-order valence-electron chi connectivity index (χ1n) is 12.2. The van der Waals surface area contributed by atoms with Gasteiger partial charge in [-0.3, -0.25) is 9.59 Å². The number of benzene rings is 1. The number of carbonyl (C=O) groups is 2. The molecule has 34 heavy (non-hydrogen) atoms. The first kappa shape index (κ1) is 21.6. The Morgan fingerprint density at radius 3 is 2.41 bits per heavy atom. The van der Waals surface area contributed by atoms with Crippen molar-refractivity contribution < 1.29 is 18.4 Å². The van der Waals surface area contributed by atoms with Crippen LogP contribution in [0.2, 0.25) is 0 Å². The van der Waals surface area contributed by atoms with E-state index in [9.17, 15) is 18.4 Å². The van der Waals surface area contributed by atoms with Crippen molar-refractivity contribution >= 4 is 17.6 Å². The third-order valence-corrected chi connectivity index (χ3v) is 8.42. The fourth-order valence-electron chi connectivity index (χ4n) is 7.47. The average Bonchev–Trinajstić information content (AvgIpc) is 2.79. The fourth-order valence-corrected chi connectivity index (χ4v) is 7.47. The molecule has 4 saturated carbocycles. The number of nitrogens with zero attached hydrogens (tertiary/aromatic N) is 3. The maximum atomic E-state index is 13.6. The zero-order valence-corrected chi connectivity index (χ0v) is 19.0. The average molecular weight is 467 g/mol. The molecule has 4 bridgehead atoms. The van der Waals surface area contributed by atoms with Gasteiger partial charge >= 0.3 is 0 Å². The normalized spacial score (nSPS) is 29.1. The highest BCUT2D eigenvalue weighted by molar-refractivity contribution is 5.94. The highest BCUT2D eigenvalue weighted by Crippen LogP contribution is 2.61. The molecule has 0 saturated heterocycles. The van der Waals surface area contributed by atoms with Crippen molar-refractivity contribution in [3.63, 3.8) is 0 Å². The zero-order valence-electron chi connectivity index (χ0n) is 19.0. The number of anilines is 1. The Morgan fingerprint density at radius 2 is 1.74 bits per heavy atom. The standard InChI is InChI=1S/C26H28F2N4O2/c27-20-2-1-18(8-21(20)28)25(34)32-4-3-19-22(13-32)29-14-30-24(19)31-23(33)12-26-9-15-5-16(10-26)7-17(6-15)11-26/h1-2,8,14-17H,3-7,9-13H2,(H,29,30,31,33). The number of carbonyl (C=O) groups excluding carboxylic acids is 2. The van der Waals surface area contributed by atoms with Gasteiger partial charge in [-0.05, 0) is 86.3 Å². The van der Waals surface area contributed by atoms with Crippen LogP contribution in [0.25, 0.3) is 0 Å². The van der Waals surface area contributed by atoms with E-state index in [0.29, 0.717) is 30.9 Å². The number of fused-ring (bicyclic) bond motifs is 1. The van der Waals surface area contributed by atoms with Crippen LogP contribution in [0.15, 0.2) is 24.5 Å². The molecule has 4 aliphatic carbocycles. The van der Waals surface area contributed by atoms with Gasteiger partial charge in [0.25, 0.3) is 5.91 Å². The van der Waals surface area contributed by atoms with E-state index in [1.54, 1.807) is 4.90 Å². The summed E-state index contributed by atoms with van der Waals surface area (Å²) in [5.41, 5.74) is 1.76. The van der Waals surface area contributed by atoms with Gasteiger partial charge < -0.3 is 10.2 Å². The lowest BCUT2D eigenvalue weighted by molar-refractivity contribution is -0.124. The second-order valence-corrected chi connectivity index (χ2v) is 10.9. The Labute approximate surface area is 197 Å². The predicted octanol–water partition coefficient (Wildman–Crippen LogP) is 4.50. The van der Waals surface area contributed by atoms with E-state index in [4.69, 9.17) is 0 Å². The molecule has 7 rings (SSSR count). The summed E-state index contributed by atoms with van der Waals surface area (Å²) in [5, 5.41) is 3.05. The van der Waals surface area contributed by atoms with Crippen LogP contribution in [-0.2, 0) is 17.8 Å². The van der Waals surface area contributed by atoms with Crippen LogP contribution in [0, 0.1) is 34.8 Å². The van der Waals surface area contributed by atoms with E-state index >= 15 is 0 Å². The molecule has 0 unspecified atom stereocenters. The topological polar surface area (TPSA) is 75.2 Å². The van der Waals surface area contributed by atoms with Crippen molar-refractivity contribution in [1.82, 2.24) is 14.9 Å². The van der Waals surface area contributed by atoms with Crippen molar-refractivity contribution in [1.29, 1.82) is 0 Å². The third kappa shape index (κ3) is 3.87. The Morgan fingerprint density at radius 1 is 1.03 bits per heavy atom. The molecule has 1 aromatic carbocycles. The molecule has 1 aromatic heterocycles. The Balaban J connectivity index is 1.14. The van der Waals surface area contributed by atoms with Crippen molar-refractivity contribution in [2.75, 3.05) is 11.9 Å². The molecule has 1 N–H and O–H groups in total. The van der Waals surface area contributed by atoms with E-state index in [2.05, 4.69) is 15.3 Å². The molecule has 6 nitrogen and oxygen atoms in total. The van der Waals surface area contributed by atoms with Gasteiger partial charge in [-0.1, -0.05) is 0 Å². The monoisotopic (exact) mass is 466 g/mol. The summed E-state index contributed by atoms with van der Waals surface area (Å²) in [6.07, 6.45) is 10.0. The zero-order chi connectivity index (χ0) is 23.4. The van der Waals surface area contributed by atoms with E-state index < -0.39 is 11.6 Å². The van der Waals surface area contributed by atoms with Gasteiger partial charge in [0.15, 0.2) is 11.6 Å². The van der Waals surface area contributed by atoms with Gasteiger partial charge in [-0.2, -0.15) is 0 Å². The maximum absolute atomic E-state index is 13.6. The van der Waals surface area contributed by atoms with Crippen LogP contribution in [0.3, 0.4) is 0 Å². The van der Waals surface area contributed by atoms with Gasteiger partial charge in [0.1, 0.15) is 12.1 Å². The smallest absolute Gasteiger partial charge is 0.254 e. The van der Waals surface area contributed by atoms with Crippen LogP contribution >= 0.6 is 0 Å². The van der Waals surface area contributed by atoms with Gasteiger partial charge in [0, 0.05) is 24.1 Å². The molecular weight excluding hydrogens is 438 g/mol. The number of halogens is 2. The molecule has 0 atom stereocenters. The van der Waals surface area contributed by atoms with Crippen LogP contribution in [0.1, 0.15) is 66.6 Å². The highest BCUT2D eigenvalue weighted by Gasteiger charge is 2.51. The van der Waals surface area contributed by atoms with Crippen LogP contribution in [0.5, 0.6) is 0 Å². The quantitative estimate of drug-likeness (QED) is 0.720. The second kappa shape index (κ2) is 8.10. The van der Waals surface area contributed by atoms with Gasteiger partial charge in [-0.15, -0.1) is 0 Å². The second-order valence-electron chi connectivity index (χ2n) is 10.9. The van der Waals surface area contributed by atoms with E-state index in [-0.39, 0.29) is 29.3 Å². The first-order chi connectivity index (χ1) is 16.4. The molecule has 5 aliphatic rings. The number of hydrogen-bond donors (Lipinski definition) is 1. The molecule has 0 spiro atoms.